The number of likely N-dealkylation sites (N-methyl/N-ethyl adjacent to an activating group) is 1. The summed E-state index contributed by atoms with van der Waals surface area (Å²) in [7, 11) is 1.67. The monoisotopic (exact) mass is 519 g/mol. The maximum atomic E-state index is 12.3. The standard InChI is InChI=1S/C26H30ClNO4S2/c1-5-17(3)19-8-10-20(11-9-19)31-12-7-13-32-24-21(27)14-18(15-22(24)30-6-2)16-23-25(29)28(4)26(33)34-23/h8-11,14-17H,5-7,12-13H2,1-4H3/b23-16+/t17-/m0/s1. The summed E-state index contributed by atoms with van der Waals surface area (Å²) >= 11 is 13.0. The third-order valence-corrected chi connectivity index (χ3v) is 7.25. The molecular formula is C26H30ClNO4S2. The second-order valence-electron chi connectivity index (χ2n) is 7.93. The van der Waals surface area contributed by atoms with Crippen molar-refractivity contribution >= 4 is 51.9 Å². The molecular weight excluding hydrogens is 490 g/mol. The largest absolute Gasteiger partial charge is 0.493 e. The number of hydrogen-bond acceptors (Lipinski definition) is 6. The Balaban J connectivity index is 1.59. The highest BCUT2D eigenvalue weighted by Crippen LogP contribution is 2.39. The van der Waals surface area contributed by atoms with Gasteiger partial charge in [-0.15, -0.1) is 0 Å². The molecule has 0 unspecified atom stereocenters. The number of carbonyl (C=O) groups excluding carboxylic acids is 1. The number of rotatable bonds is 11. The molecule has 1 heterocycles. The number of thioether (sulfide) groups is 1. The van der Waals surface area contributed by atoms with Crippen LogP contribution in [-0.4, -0.2) is 42.0 Å². The van der Waals surface area contributed by atoms with Crippen molar-refractivity contribution in [3.63, 3.8) is 0 Å². The fourth-order valence-corrected chi connectivity index (χ4v) is 4.78. The van der Waals surface area contributed by atoms with Crippen LogP contribution in [0.3, 0.4) is 0 Å². The minimum atomic E-state index is -0.126. The van der Waals surface area contributed by atoms with E-state index in [0.29, 0.717) is 57.9 Å². The molecule has 0 N–H and O–H groups in total. The Morgan fingerprint density at radius 2 is 1.82 bits per heavy atom. The van der Waals surface area contributed by atoms with E-state index in [-0.39, 0.29) is 5.91 Å². The molecule has 5 nitrogen and oxygen atoms in total. The normalized spacial score (nSPS) is 15.7. The van der Waals surface area contributed by atoms with E-state index in [2.05, 4.69) is 26.0 Å². The molecule has 1 amide bonds. The molecule has 1 saturated heterocycles. The summed E-state index contributed by atoms with van der Waals surface area (Å²) in [4.78, 5) is 14.3. The van der Waals surface area contributed by atoms with Gasteiger partial charge in [0.25, 0.3) is 5.91 Å². The van der Waals surface area contributed by atoms with E-state index in [4.69, 9.17) is 38.0 Å². The van der Waals surface area contributed by atoms with Gasteiger partial charge in [0.05, 0.1) is 29.7 Å². The molecule has 2 aromatic carbocycles. The molecule has 0 saturated carbocycles. The van der Waals surface area contributed by atoms with E-state index in [9.17, 15) is 4.79 Å². The van der Waals surface area contributed by atoms with Crippen LogP contribution < -0.4 is 14.2 Å². The molecule has 3 rings (SSSR count). The third-order valence-electron chi connectivity index (χ3n) is 5.48. The molecule has 0 aliphatic carbocycles. The molecule has 8 heteroatoms. The first kappa shape index (κ1) is 26.4. The molecule has 1 aliphatic heterocycles. The molecule has 0 aromatic heterocycles. The van der Waals surface area contributed by atoms with E-state index >= 15 is 0 Å². The van der Waals surface area contributed by atoms with E-state index < -0.39 is 0 Å². The maximum Gasteiger partial charge on any atom is 0.265 e. The average Bonchev–Trinajstić information content (AvgIpc) is 3.06. The second-order valence-corrected chi connectivity index (χ2v) is 10.0. The van der Waals surface area contributed by atoms with Crippen molar-refractivity contribution in [3.05, 3.63) is 57.5 Å². The molecule has 34 heavy (non-hydrogen) atoms. The summed E-state index contributed by atoms with van der Waals surface area (Å²) < 4.78 is 18.1. The van der Waals surface area contributed by atoms with Crippen LogP contribution >= 0.6 is 35.6 Å². The first-order valence-corrected chi connectivity index (χ1v) is 13.0. The Labute approximate surface area is 216 Å². The number of benzene rings is 2. The summed E-state index contributed by atoms with van der Waals surface area (Å²) in [5.41, 5.74) is 2.07. The minimum Gasteiger partial charge on any atom is -0.493 e. The molecule has 1 atom stereocenters. The van der Waals surface area contributed by atoms with Crippen LogP contribution in [0.5, 0.6) is 17.2 Å². The quantitative estimate of drug-likeness (QED) is 0.182. The zero-order chi connectivity index (χ0) is 24.7. The van der Waals surface area contributed by atoms with Crippen molar-refractivity contribution in [1.82, 2.24) is 4.90 Å². The van der Waals surface area contributed by atoms with Crippen LogP contribution in [-0.2, 0) is 4.79 Å². The van der Waals surface area contributed by atoms with Crippen LogP contribution in [0.25, 0.3) is 6.08 Å². The van der Waals surface area contributed by atoms with E-state index in [1.54, 1.807) is 19.2 Å². The first-order valence-electron chi connectivity index (χ1n) is 11.4. The maximum absolute atomic E-state index is 12.3. The van der Waals surface area contributed by atoms with Gasteiger partial charge in [0.1, 0.15) is 10.1 Å². The summed E-state index contributed by atoms with van der Waals surface area (Å²) in [6.07, 6.45) is 3.57. The lowest BCUT2D eigenvalue weighted by Crippen LogP contribution is -2.22. The van der Waals surface area contributed by atoms with Gasteiger partial charge in [-0.3, -0.25) is 9.69 Å². The molecule has 2 aromatic rings. The smallest absolute Gasteiger partial charge is 0.265 e. The van der Waals surface area contributed by atoms with Crippen molar-refractivity contribution in [2.24, 2.45) is 0 Å². The summed E-state index contributed by atoms with van der Waals surface area (Å²) in [5.74, 6) is 2.29. The van der Waals surface area contributed by atoms with Gasteiger partial charge in [-0.25, -0.2) is 0 Å². The van der Waals surface area contributed by atoms with Gasteiger partial charge in [-0.1, -0.05) is 61.6 Å². The van der Waals surface area contributed by atoms with Crippen LogP contribution in [0.1, 0.15) is 50.7 Å². The van der Waals surface area contributed by atoms with Gasteiger partial charge in [0.2, 0.25) is 0 Å². The fourth-order valence-electron chi connectivity index (χ4n) is 3.32. The van der Waals surface area contributed by atoms with Crippen molar-refractivity contribution in [1.29, 1.82) is 0 Å². The zero-order valence-electron chi connectivity index (χ0n) is 19.9. The number of nitrogens with zero attached hydrogens (tertiary/aromatic N) is 1. The van der Waals surface area contributed by atoms with Crippen LogP contribution in [0.15, 0.2) is 41.3 Å². The average molecular weight is 520 g/mol. The van der Waals surface area contributed by atoms with E-state index in [1.165, 1.54) is 22.2 Å². The SMILES string of the molecule is CCOc1cc(/C=C2/SC(=S)N(C)C2=O)cc(Cl)c1OCCCOc1ccc([C@@H](C)CC)cc1. The molecule has 0 bridgehead atoms. The fraction of sp³-hybridized carbons (Fsp3) is 0.385. The molecule has 1 aliphatic rings. The Morgan fingerprint density at radius 3 is 2.44 bits per heavy atom. The Kier molecular flexibility index (Phi) is 9.68. The minimum absolute atomic E-state index is 0.126. The van der Waals surface area contributed by atoms with Crippen molar-refractivity contribution in [2.45, 2.75) is 39.5 Å². The molecule has 182 valence electrons. The summed E-state index contributed by atoms with van der Waals surface area (Å²) in [5, 5.41) is 0.422. The molecule has 0 radical (unpaired) electrons. The number of amides is 1. The summed E-state index contributed by atoms with van der Waals surface area (Å²) in [6.45, 7) is 7.72. The van der Waals surface area contributed by atoms with Gasteiger partial charge in [-0.2, -0.15) is 0 Å². The number of hydrogen-bond donors (Lipinski definition) is 0. The van der Waals surface area contributed by atoms with Gasteiger partial charge >= 0.3 is 0 Å². The van der Waals surface area contributed by atoms with Crippen molar-refractivity contribution in [3.8, 4) is 17.2 Å². The second kappa shape index (κ2) is 12.5. The lowest BCUT2D eigenvalue weighted by molar-refractivity contribution is -0.121. The van der Waals surface area contributed by atoms with E-state index in [0.717, 1.165) is 17.7 Å². The van der Waals surface area contributed by atoms with Gasteiger partial charge in [-0.05, 0) is 60.7 Å². The number of carbonyl (C=O) groups is 1. The predicted molar refractivity (Wildman–Crippen MR) is 144 cm³/mol. The van der Waals surface area contributed by atoms with Gasteiger partial charge in [0, 0.05) is 13.5 Å². The lowest BCUT2D eigenvalue weighted by atomic mass is 9.99. The number of halogens is 1. The summed E-state index contributed by atoms with van der Waals surface area (Å²) in [6, 6.07) is 11.8. The molecule has 0 spiro atoms. The lowest BCUT2D eigenvalue weighted by Gasteiger charge is -2.15. The topological polar surface area (TPSA) is 48.0 Å². The zero-order valence-corrected chi connectivity index (χ0v) is 22.3. The van der Waals surface area contributed by atoms with E-state index in [1.807, 2.05) is 25.1 Å². The Hall–Kier alpha value is -2.22. The highest BCUT2D eigenvalue weighted by Gasteiger charge is 2.28. The van der Waals surface area contributed by atoms with Crippen LogP contribution in [0.2, 0.25) is 5.02 Å². The van der Waals surface area contributed by atoms with Gasteiger partial charge in [0.15, 0.2) is 11.5 Å². The third kappa shape index (κ3) is 6.68. The molecule has 1 fully saturated rings. The number of thiocarbonyl (C=S) groups is 1. The predicted octanol–water partition coefficient (Wildman–Crippen LogP) is 6.93. The van der Waals surface area contributed by atoms with Gasteiger partial charge < -0.3 is 14.2 Å². The van der Waals surface area contributed by atoms with Crippen molar-refractivity contribution < 1.29 is 19.0 Å². The highest BCUT2D eigenvalue weighted by molar-refractivity contribution is 8.26. The van der Waals surface area contributed by atoms with Crippen LogP contribution in [0, 0.1) is 0 Å². The number of ether oxygens (including phenoxy) is 3. The first-order chi connectivity index (χ1) is 16.3. The van der Waals surface area contributed by atoms with Crippen LogP contribution in [0.4, 0.5) is 0 Å². The highest BCUT2D eigenvalue weighted by atomic mass is 35.5. The van der Waals surface area contributed by atoms with Crippen molar-refractivity contribution in [2.75, 3.05) is 26.9 Å². The Bertz CT molecular complexity index is 1060. The Morgan fingerprint density at radius 1 is 1.12 bits per heavy atom.